The molecule has 3 aromatic rings. The van der Waals surface area contributed by atoms with Crippen LogP contribution in [0.15, 0.2) is 55.1 Å². The fourth-order valence-corrected chi connectivity index (χ4v) is 3.48. The summed E-state index contributed by atoms with van der Waals surface area (Å²) in [7, 11) is 0. The second kappa shape index (κ2) is 6.59. The van der Waals surface area contributed by atoms with Crippen LogP contribution in [-0.2, 0) is 11.2 Å². The lowest BCUT2D eigenvalue weighted by atomic mass is 10.1. The zero-order valence-electron chi connectivity index (χ0n) is 14.4. The van der Waals surface area contributed by atoms with E-state index in [1.54, 1.807) is 12.5 Å². The van der Waals surface area contributed by atoms with Gasteiger partial charge in [0, 0.05) is 31.0 Å². The summed E-state index contributed by atoms with van der Waals surface area (Å²) >= 11 is 0. The summed E-state index contributed by atoms with van der Waals surface area (Å²) in [6, 6.07) is 12.7. The molecule has 4 rings (SSSR count). The highest BCUT2D eigenvalue weighted by atomic mass is 16.1. The molecular formula is C20H22N4O. The molecule has 2 aromatic heterocycles. The van der Waals surface area contributed by atoms with Gasteiger partial charge in [-0.25, -0.2) is 4.98 Å². The molecule has 1 N–H and O–H groups in total. The fraction of sp³-hybridized carbons (Fsp3) is 0.300. The van der Waals surface area contributed by atoms with Gasteiger partial charge in [-0.2, -0.15) is 0 Å². The quantitative estimate of drug-likeness (QED) is 0.798. The lowest BCUT2D eigenvalue weighted by Crippen LogP contribution is -2.38. The summed E-state index contributed by atoms with van der Waals surface area (Å²) in [4.78, 5) is 18.8. The third-order valence-electron chi connectivity index (χ3n) is 4.76. The maximum atomic E-state index is 12.4. The van der Waals surface area contributed by atoms with E-state index in [-0.39, 0.29) is 11.9 Å². The van der Waals surface area contributed by atoms with E-state index in [1.165, 1.54) is 11.3 Å². The molecule has 1 aromatic carbocycles. The molecule has 0 aliphatic carbocycles. The molecule has 5 nitrogen and oxygen atoms in total. The number of anilines is 1. The van der Waals surface area contributed by atoms with Gasteiger partial charge in [0.05, 0.1) is 24.5 Å². The van der Waals surface area contributed by atoms with E-state index in [0.717, 1.165) is 30.6 Å². The van der Waals surface area contributed by atoms with Gasteiger partial charge >= 0.3 is 0 Å². The number of carbonyl (C=O) groups is 1. The topological polar surface area (TPSA) is 49.6 Å². The number of benzene rings is 1. The Morgan fingerprint density at radius 2 is 2.24 bits per heavy atom. The van der Waals surface area contributed by atoms with Gasteiger partial charge in [0.15, 0.2) is 0 Å². The summed E-state index contributed by atoms with van der Waals surface area (Å²) in [5.74, 6) is 0.0833. The number of imidazole rings is 1. The number of aromatic nitrogens is 2. The molecular weight excluding hydrogens is 312 g/mol. The van der Waals surface area contributed by atoms with Crippen LogP contribution in [0.4, 0.5) is 5.69 Å². The van der Waals surface area contributed by atoms with Gasteiger partial charge < -0.3 is 14.6 Å². The lowest BCUT2D eigenvalue weighted by Gasteiger charge is -2.19. The molecule has 1 aliphatic rings. The minimum absolute atomic E-state index is 0.0833. The summed E-state index contributed by atoms with van der Waals surface area (Å²) < 4.78 is 1.94. The van der Waals surface area contributed by atoms with E-state index in [9.17, 15) is 4.79 Å². The number of aryl methyl sites for hydroxylation is 1. The van der Waals surface area contributed by atoms with Crippen LogP contribution in [0.2, 0.25) is 0 Å². The van der Waals surface area contributed by atoms with Crippen LogP contribution < -0.4 is 10.2 Å². The van der Waals surface area contributed by atoms with Crippen molar-refractivity contribution in [3.8, 4) is 0 Å². The Balaban J connectivity index is 1.35. The van der Waals surface area contributed by atoms with Crippen molar-refractivity contribution in [1.29, 1.82) is 0 Å². The number of carbonyl (C=O) groups excluding carboxylic acids is 1. The Hall–Kier alpha value is -2.82. The number of amides is 1. The Bertz CT molecular complexity index is 901. The minimum atomic E-state index is 0.0833. The van der Waals surface area contributed by atoms with Gasteiger partial charge in [-0.15, -0.1) is 0 Å². The van der Waals surface area contributed by atoms with Crippen molar-refractivity contribution in [3.05, 3.63) is 66.2 Å². The molecule has 1 aliphatic heterocycles. The maximum Gasteiger partial charge on any atom is 0.224 e. The average molecular weight is 334 g/mol. The normalized spacial score (nSPS) is 17.2. The first-order chi connectivity index (χ1) is 12.2. The molecule has 5 heteroatoms. The molecule has 1 amide bonds. The molecule has 0 spiro atoms. The number of fused-ring (bicyclic) bond motifs is 1. The Labute approximate surface area is 147 Å². The predicted octanol–water partition coefficient (Wildman–Crippen LogP) is 2.58. The smallest absolute Gasteiger partial charge is 0.224 e. The first-order valence-electron chi connectivity index (χ1n) is 8.69. The van der Waals surface area contributed by atoms with Crippen molar-refractivity contribution in [2.24, 2.45) is 0 Å². The van der Waals surface area contributed by atoms with E-state index in [1.807, 2.05) is 22.7 Å². The number of nitrogens with zero attached hydrogens (tertiary/aromatic N) is 3. The van der Waals surface area contributed by atoms with Gasteiger partial charge in [-0.05, 0) is 48.7 Å². The first-order valence-corrected chi connectivity index (χ1v) is 8.69. The molecule has 0 radical (unpaired) electrons. The third-order valence-corrected chi connectivity index (χ3v) is 4.76. The van der Waals surface area contributed by atoms with Crippen molar-refractivity contribution in [2.45, 2.75) is 25.8 Å². The summed E-state index contributed by atoms with van der Waals surface area (Å²) in [5, 5.41) is 3.18. The van der Waals surface area contributed by atoms with Crippen molar-refractivity contribution >= 4 is 17.1 Å². The van der Waals surface area contributed by atoms with E-state index in [0.29, 0.717) is 6.42 Å². The van der Waals surface area contributed by atoms with Crippen molar-refractivity contribution < 1.29 is 4.79 Å². The molecule has 0 saturated carbocycles. The van der Waals surface area contributed by atoms with Gasteiger partial charge in [-0.1, -0.05) is 12.1 Å². The van der Waals surface area contributed by atoms with Crippen molar-refractivity contribution in [1.82, 2.24) is 14.7 Å². The third kappa shape index (κ3) is 3.50. The van der Waals surface area contributed by atoms with Crippen molar-refractivity contribution in [2.75, 3.05) is 18.0 Å². The zero-order chi connectivity index (χ0) is 17.2. The maximum absolute atomic E-state index is 12.4. The molecule has 1 saturated heterocycles. The number of hydrogen-bond acceptors (Lipinski definition) is 3. The molecule has 128 valence electrons. The fourth-order valence-electron chi connectivity index (χ4n) is 3.48. The Kier molecular flexibility index (Phi) is 4.14. The second-order valence-electron chi connectivity index (χ2n) is 6.78. The standard InChI is InChI=1S/C20H22N4O/c1-15-3-2-4-18(9-15)23-8-6-17(13-23)22-20(25)11-16-5-7-24-14-21-12-19(24)10-16/h2-5,7,9-10,12,14,17H,6,8,11,13H2,1H3,(H,22,25). The van der Waals surface area contributed by atoms with Crippen LogP contribution in [0, 0.1) is 6.92 Å². The van der Waals surface area contributed by atoms with E-state index >= 15 is 0 Å². The van der Waals surface area contributed by atoms with Crippen LogP contribution in [0.5, 0.6) is 0 Å². The molecule has 3 heterocycles. The van der Waals surface area contributed by atoms with Crippen LogP contribution >= 0.6 is 0 Å². The Morgan fingerprint density at radius 1 is 1.32 bits per heavy atom. The highest BCUT2D eigenvalue weighted by Crippen LogP contribution is 2.21. The van der Waals surface area contributed by atoms with Crippen LogP contribution in [0.3, 0.4) is 0 Å². The van der Waals surface area contributed by atoms with E-state index < -0.39 is 0 Å². The second-order valence-corrected chi connectivity index (χ2v) is 6.78. The highest BCUT2D eigenvalue weighted by Gasteiger charge is 2.24. The van der Waals surface area contributed by atoms with Gasteiger partial charge in [0.1, 0.15) is 0 Å². The summed E-state index contributed by atoms with van der Waals surface area (Å²) in [6.07, 6.45) is 6.90. The monoisotopic (exact) mass is 334 g/mol. The molecule has 1 unspecified atom stereocenters. The Morgan fingerprint density at radius 3 is 3.12 bits per heavy atom. The zero-order valence-corrected chi connectivity index (χ0v) is 14.4. The summed E-state index contributed by atoms with van der Waals surface area (Å²) in [5.41, 5.74) is 4.53. The van der Waals surface area contributed by atoms with Gasteiger partial charge in [0.2, 0.25) is 5.91 Å². The van der Waals surface area contributed by atoms with Gasteiger partial charge in [0.25, 0.3) is 0 Å². The van der Waals surface area contributed by atoms with Crippen LogP contribution in [0.1, 0.15) is 17.5 Å². The molecule has 1 atom stereocenters. The number of hydrogen-bond donors (Lipinski definition) is 1. The van der Waals surface area contributed by atoms with Crippen LogP contribution in [0.25, 0.3) is 5.52 Å². The number of rotatable bonds is 4. The average Bonchev–Trinajstić information content (AvgIpc) is 3.23. The largest absolute Gasteiger partial charge is 0.369 e. The van der Waals surface area contributed by atoms with Crippen molar-refractivity contribution in [3.63, 3.8) is 0 Å². The van der Waals surface area contributed by atoms with E-state index in [4.69, 9.17) is 0 Å². The lowest BCUT2D eigenvalue weighted by molar-refractivity contribution is -0.121. The summed E-state index contributed by atoms with van der Waals surface area (Å²) in [6.45, 7) is 3.96. The molecule has 0 bridgehead atoms. The molecule has 25 heavy (non-hydrogen) atoms. The van der Waals surface area contributed by atoms with E-state index in [2.05, 4.69) is 46.4 Å². The van der Waals surface area contributed by atoms with Crippen LogP contribution in [-0.4, -0.2) is 34.4 Å². The highest BCUT2D eigenvalue weighted by molar-refractivity contribution is 5.79. The first kappa shape index (κ1) is 15.7. The van der Waals surface area contributed by atoms with Gasteiger partial charge in [-0.3, -0.25) is 4.79 Å². The minimum Gasteiger partial charge on any atom is -0.369 e. The molecule has 1 fully saturated rings. The number of nitrogens with one attached hydrogen (secondary N) is 1. The number of pyridine rings is 1. The SMILES string of the molecule is Cc1cccc(N2CCC(NC(=O)Cc3ccn4cncc4c3)C2)c1. The predicted molar refractivity (Wildman–Crippen MR) is 98.8 cm³/mol.